The highest BCUT2D eigenvalue weighted by molar-refractivity contribution is 7.90. The molecule has 2 aromatic carbocycles. The highest BCUT2D eigenvalue weighted by Gasteiger charge is 2.29. The molecule has 0 radical (unpaired) electrons. The quantitative estimate of drug-likeness (QED) is 0.342. The minimum Gasteiger partial charge on any atom is -0.454 e. The van der Waals surface area contributed by atoms with Gasteiger partial charge in [-0.25, -0.2) is 13.4 Å². The number of thiazole rings is 1. The van der Waals surface area contributed by atoms with Crippen molar-refractivity contribution in [3.8, 4) is 11.5 Å². The van der Waals surface area contributed by atoms with Crippen molar-refractivity contribution in [2.24, 2.45) is 4.99 Å². The van der Waals surface area contributed by atoms with Crippen LogP contribution in [0.15, 0.2) is 74.3 Å². The van der Waals surface area contributed by atoms with Gasteiger partial charge in [0, 0.05) is 29.3 Å². The number of anilines is 1. The van der Waals surface area contributed by atoms with Crippen molar-refractivity contribution in [3.63, 3.8) is 0 Å². The molecule has 8 nitrogen and oxygen atoms in total. The summed E-state index contributed by atoms with van der Waals surface area (Å²) < 4.78 is 32.5. The fraction of sp³-hybridized carbons (Fsp3) is 0.208. The van der Waals surface area contributed by atoms with Gasteiger partial charge in [0.05, 0.1) is 4.90 Å². The summed E-state index contributed by atoms with van der Waals surface area (Å²) in [7, 11) is -3.51. The van der Waals surface area contributed by atoms with E-state index in [4.69, 9.17) is 4.42 Å². The van der Waals surface area contributed by atoms with E-state index >= 15 is 0 Å². The summed E-state index contributed by atoms with van der Waals surface area (Å²) in [6.07, 6.45) is 2.65. The number of sulfonamides is 1. The number of furan rings is 1. The third-order valence-corrected chi connectivity index (χ3v) is 7.58. The Balaban J connectivity index is 1.07. The Bertz CT molecular complexity index is 1450. The van der Waals surface area contributed by atoms with Crippen LogP contribution in [0.2, 0.25) is 0 Å². The SMILES string of the molecule is O=C(CCCCCN=C1NS(=O)(=O)c2ccccc21)Nc1nc(-c2cc3ccccc3o2)cs1. The van der Waals surface area contributed by atoms with Gasteiger partial charge < -0.3 is 9.73 Å². The van der Waals surface area contributed by atoms with Crippen molar-refractivity contribution in [1.82, 2.24) is 9.71 Å². The molecule has 0 saturated heterocycles. The maximum atomic E-state index is 12.3. The molecule has 0 spiro atoms. The van der Waals surface area contributed by atoms with E-state index in [0.29, 0.717) is 47.4 Å². The molecule has 1 aliphatic heterocycles. The van der Waals surface area contributed by atoms with Crippen LogP contribution in [0.25, 0.3) is 22.4 Å². The summed E-state index contributed by atoms with van der Waals surface area (Å²) in [5.41, 5.74) is 2.10. The van der Waals surface area contributed by atoms with Crippen LogP contribution in [0, 0.1) is 0 Å². The van der Waals surface area contributed by atoms with Crippen molar-refractivity contribution < 1.29 is 17.6 Å². The second-order valence-electron chi connectivity index (χ2n) is 7.88. The number of fused-ring (bicyclic) bond motifs is 2. The molecule has 0 bridgehead atoms. The van der Waals surface area contributed by atoms with Crippen molar-refractivity contribution in [2.75, 3.05) is 11.9 Å². The minimum absolute atomic E-state index is 0.0886. The van der Waals surface area contributed by atoms with E-state index in [9.17, 15) is 13.2 Å². The number of nitrogens with zero attached hydrogens (tertiary/aromatic N) is 2. The number of benzene rings is 2. The van der Waals surface area contributed by atoms with E-state index in [1.807, 2.05) is 35.7 Å². The fourth-order valence-electron chi connectivity index (χ4n) is 3.75. The predicted octanol–water partition coefficient (Wildman–Crippen LogP) is 4.79. The highest BCUT2D eigenvalue weighted by Crippen LogP contribution is 2.30. The van der Waals surface area contributed by atoms with Gasteiger partial charge in [0.25, 0.3) is 10.0 Å². The summed E-state index contributed by atoms with van der Waals surface area (Å²) in [5.74, 6) is 0.971. The molecular weight excluding hydrogens is 472 g/mol. The largest absolute Gasteiger partial charge is 0.454 e. The van der Waals surface area contributed by atoms with Crippen LogP contribution in [0.1, 0.15) is 31.2 Å². The number of amides is 1. The summed E-state index contributed by atoms with van der Waals surface area (Å²) in [4.78, 5) is 21.4. The first-order chi connectivity index (χ1) is 16.5. The summed E-state index contributed by atoms with van der Waals surface area (Å²) in [6, 6.07) is 16.5. The Morgan fingerprint density at radius 2 is 1.91 bits per heavy atom. The number of hydrogen-bond acceptors (Lipinski definition) is 7. The number of hydrogen-bond donors (Lipinski definition) is 2. The van der Waals surface area contributed by atoms with Crippen LogP contribution in [-0.2, 0) is 14.8 Å². The first kappa shape index (κ1) is 22.3. The van der Waals surface area contributed by atoms with E-state index in [1.165, 1.54) is 11.3 Å². The standard InChI is InChI=1S/C24H22N4O4S2/c29-22(27-24-26-18(15-33-24)20-14-16-8-3-5-10-19(16)32-20)12-2-1-7-13-25-23-17-9-4-6-11-21(17)34(30,31)28-23/h3-6,8-11,14-15H,1-2,7,12-13H2,(H,25,28)(H,26,27,29). The molecule has 1 aliphatic rings. The maximum absolute atomic E-state index is 12.3. The van der Waals surface area contributed by atoms with E-state index in [2.05, 4.69) is 20.0 Å². The number of para-hydroxylation sites is 1. The normalized spacial score (nSPS) is 15.4. The van der Waals surface area contributed by atoms with Gasteiger partial charge in [-0.15, -0.1) is 11.3 Å². The Morgan fingerprint density at radius 3 is 2.79 bits per heavy atom. The molecule has 3 heterocycles. The average molecular weight is 495 g/mol. The van der Waals surface area contributed by atoms with Crippen LogP contribution >= 0.6 is 11.3 Å². The van der Waals surface area contributed by atoms with Gasteiger partial charge in [-0.1, -0.05) is 36.8 Å². The van der Waals surface area contributed by atoms with Gasteiger partial charge in [0.15, 0.2) is 10.9 Å². The monoisotopic (exact) mass is 494 g/mol. The van der Waals surface area contributed by atoms with Gasteiger partial charge in [-0.3, -0.25) is 14.5 Å². The molecule has 2 N–H and O–H groups in total. The zero-order valence-corrected chi connectivity index (χ0v) is 19.8. The molecule has 174 valence electrons. The van der Waals surface area contributed by atoms with Crippen LogP contribution < -0.4 is 10.0 Å². The first-order valence-corrected chi connectivity index (χ1v) is 13.3. The maximum Gasteiger partial charge on any atom is 0.263 e. The van der Waals surface area contributed by atoms with Crippen LogP contribution in [0.5, 0.6) is 0 Å². The molecule has 1 amide bonds. The lowest BCUT2D eigenvalue weighted by Gasteiger charge is -2.02. The second kappa shape index (κ2) is 9.40. The van der Waals surface area contributed by atoms with Crippen molar-refractivity contribution in [1.29, 1.82) is 0 Å². The number of rotatable bonds is 8. The number of unbranched alkanes of at least 4 members (excludes halogenated alkanes) is 2. The molecule has 10 heteroatoms. The molecule has 0 aliphatic carbocycles. The van der Waals surface area contributed by atoms with Gasteiger partial charge >= 0.3 is 0 Å². The average Bonchev–Trinajstić information content (AvgIpc) is 3.52. The molecule has 0 saturated carbocycles. The summed E-state index contributed by atoms with van der Waals surface area (Å²) in [5, 5.41) is 6.26. The molecule has 4 aromatic rings. The Morgan fingerprint density at radius 1 is 1.09 bits per heavy atom. The van der Waals surface area contributed by atoms with Crippen LogP contribution in [-0.4, -0.2) is 31.7 Å². The Kier molecular flexibility index (Phi) is 6.16. The number of carbonyl (C=O) groups excluding carboxylic acids is 1. The molecular formula is C24H22N4O4S2. The van der Waals surface area contributed by atoms with Gasteiger partial charge in [-0.05, 0) is 37.1 Å². The van der Waals surface area contributed by atoms with Gasteiger partial charge in [0.1, 0.15) is 17.1 Å². The lowest BCUT2D eigenvalue weighted by molar-refractivity contribution is -0.116. The van der Waals surface area contributed by atoms with Gasteiger partial charge in [0.2, 0.25) is 5.91 Å². The third-order valence-electron chi connectivity index (χ3n) is 5.42. The van der Waals surface area contributed by atoms with Crippen molar-refractivity contribution >= 4 is 49.2 Å². The third kappa shape index (κ3) is 4.73. The Hall–Kier alpha value is -3.50. The van der Waals surface area contributed by atoms with Crippen LogP contribution in [0.4, 0.5) is 5.13 Å². The molecule has 0 atom stereocenters. The van der Waals surface area contributed by atoms with E-state index in [0.717, 1.165) is 23.8 Å². The predicted molar refractivity (Wildman–Crippen MR) is 133 cm³/mol. The number of aliphatic imine (C=N–C) groups is 1. The van der Waals surface area contributed by atoms with E-state index in [-0.39, 0.29) is 10.8 Å². The number of aromatic nitrogens is 1. The molecule has 5 rings (SSSR count). The van der Waals surface area contributed by atoms with E-state index in [1.54, 1.807) is 24.3 Å². The highest BCUT2D eigenvalue weighted by atomic mass is 32.2. The fourth-order valence-corrected chi connectivity index (χ4v) is 5.72. The first-order valence-electron chi connectivity index (χ1n) is 10.9. The molecule has 2 aromatic heterocycles. The Labute approximate surface area is 200 Å². The number of nitrogens with one attached hydrogen (secondary N) is 2. The van der Waals surface area contributed by atoms with Crippen molar-refractivity contribution in [3.05, 3.63) is 65.5 Å². The zero-order chi connectivity index (χ0) is 23.5. The zero-order valence-electron chi connectivity index (χ0n) is 18.2. The van der Waals surface area contributed by atoms with Crippen molar-refractivity contribution in [2.45, 2.75) is 30.6 Å². The molecule has 0 fully saturated rings. The second-order valence-corrected chi connectivity index (χ2v) is 10.4. The summed E-state index contributed by atoms with van der Waals surface area (Å²) in [6.45, 7) is 0.487. The molecule has 34 heavy (non-hydrogen) atoms. The minimum atomic E-state index is -3.51. The van der Waals surface area contributed by atoms with Gasteiger partial charge in [-0.2, -0.15) is 0 Å². The number of carbonyl (C=O) groups is 1. The summed E-state index contributed by atoms with van der Waals surface area (Å²) >= 11 is 1.36. The number of amidine groups is 1. The molecule has 0 unspecified atom stereocenters. The lowest BCUT2D eigenvalue weighted by Crippen LogP contribution is -2.22. The smallest absolute Gasteiger partial charge is 0.263 e. The van der Waals surface area contributed by atoms with Crippen LogP contribution in [0.3, 0.4) is 0 Å². The van der Waals surface area contributed by atoms with E-state index < -0.39 is 10.0 Å². The lowest BCUT2D eigenvalue weighted by atomic mass is 10.2. The topological polar surface area (TPSA) is 114 Å².